The molecule has 2 aromatic rings. The van der Waals surface area contributed by atoms with E-state index in [1.54, 1.807) is 0 Å². The van der Waals surface area contributed by atoms with Gasteiger partial charge in [-0.2, -0.15) is 0 Å². The van der Waals surface area contributed by atoms with Gasteiger partial charge in [-0.15, -0.1) is 0 Å². The van der Waals surface area contributed by atoms with E-state index in [4.69, 9.17) is 0 Å². The van der Waals surface area contributed by atoms with Crippen LogP contribution in [0.5, 0.6) is 0 Å². The molecular weight excluding hydrogens is 234 g/mol. The van der Waals surface area contributed by atoms with Gasteiger partial charge in [0, 0.05) is 30.7 Å². The lowest BCUT2D eigenvalue weighted by Crippen LogP contribution is -2.36. The van der Waals surface area contributed by atoms with E-state index in [1.807, 2.05) is 12.3 Å². The topological polar surface area (TPSA) is 37.0 Å². The molecule has 0 saturated carbocycles. The second-order valence-electron chi connectivity index (χ2n) is 4.97. The molecule has 0 saturated heterocycles. The minimum atomic E-state index is 0.471. The molecule has 1 unspecified atom stereocenters. The number of fused-ring (bicyclic) bond motifs is 1. The molecule has 0 aliphatic heterocycles. The lowest BCUT2D eigenvalue weighted by molar-refractivity contribution is 0.502. The van der Waals surface area contributed by atoms with E-state index >= 15 is 0 Å². The minimum absolute atomic E-state index is 0.471. The van der Waals surface area contributed by atoms with Gasteiger partial charge in [0.05, 0.1) is 5.52 Å². The molecule has 1 heterocycles. The first-order valence-electron chi connectivity index (χ1n) is 7.08. The van der Waals surface area contributed by atoms with Gasteiger partial charge in [0.1, 0.15) is 0 Å². The summed E-state index contributed by atoms with van der Waals surface area (Å²) in [5.74, 6) is 0. The molecule has 0 bridgehead atoms. The molecule has 1 aromatic carbocycles. The fourth-order valence-electron chi connectivity index (χ4n) is 2.16. The summed E-state index contributed by atoms with van der Waals surface area (Å²) in [6.45, 7) is 7.39. The number of nitrogens with zero attached hydrogens (tertiary/aromatic N) is 1. The van der Waals surface area contributed by atoms with Gasteiger partial charge in [0.2, 0.25) is 0 Å². The van der Waals surface area contributed by atoms with Crippen LogP contribution in [0.2, 0.25) is 0 Å². The van der Waals surface area contributed by atoms with E-state index in [2.05, 4.69) is 53.7 Å². The van der Waals surface area contributed by atoms with Crippen LogP contribution in [0.25, 0.3) is 10.9 Å². The molecule has 0 radical (unpaired) electrons. The maximum absolute atomic E-state index is 4.39. The van der Waals surface area contributed by atoms with Crippen LogP contribution >= 0.6 is 0 Å². The minimum Gasteiger partial charge on any atom is -0.315 e. The third kappa shape index (κ3) is 4.01. The molecule has 3 nitrogen and oxygen atoms in total. The molecular formula is C16H23N3. The highest BCUT2D eigenvalue weighted by Gasteiger charge is 2.04. The Morgan fingerprint density at radius 3 is 2.89 bits per heavy atom. The number of aromatic nitrogens is 1. The quantitative estimate of drug-likeness (QED) is 0.749. The molecule has 0 fully saturated rings. The highest BCUT2D eigenvalue weighted by molar-refractivity contribution is 5.81. The second-order valence-corrected chi connectivity index (χ2v) is 4.97. The molecule has 0 amide bonds. The lowest BCUT2D eigenvalue weighted by Gasteiger charge is -2.15. The van der Waals surface area contributed by atoms with Gasteiger partial charge >= 0.3 is 0 Å². The van der Waals surface area contributed by atoms with Crippen LogP contribution in [0.3, 0.4) is 0 Å². The standard InChI is InChI=1S/C16H23N3/c1-3-9-17-11-13(2)19-12-14-8-10-18-16-7-5-4-6-15(14)16/h4-8,10,13,17,19H,3,9,11-12H2,1-2H3. The highest BCUT2D eigenvalue weighted by Crippen LogP contribution is 2.15. The SMILES string of the molecule is CCCNCC(C)NCc1ccnc2ccccc12. The predicted molar refractivity (Wildman–Crippen MR) is 81.2 cm³/mol. The number of nitrogens with one attached hydrogen (secondary N) is 2. The summed E-state index contributed by atoms with van der Waals surface area (Å²) >= 11 is 0. The fourth-order valence-corrected chi connectivity index (χ4v) is 2.16. The molecule has 2 rings (SSSR count). The summed E-state index contributed by atoms with van der Waals surface area (Å²) < 4.78 is 0. The second kappa shape index (κ2) is 7.22. The van der Waals surface area contributed by atoms with E-state index in [0.29, 0.717) is 6.04 Å². The van der Waals surface area contributed by atoms with Crippen molar-refractivity contribution in [3.05, 3.63) is 42.1 Å². The zero-order valence-electron chi connectivity index (χ0n) is 11.8. The van der Waals surface area contributed by atoms with Crippen LogP contribution < -0.4 is 10.6 Å². The molecule has 3 heteroatoms. The number of hydrogen-bond donors (Lipinski definition) is 2. The highest BCUT2D eigenvalue weighted by atomic mass is 15.0. The Labute approximate surface area is 115 Å². The van der Waals surface area contributed by atoms with Gasteiger partial charge in [-0.3, -0.25) is 4.98 Å². The number of rotatable bonds is 7. The van der Waals surface area contributed by atoms with E-state index in [9.17, 15) is 0 Å². The molecule has 1 atom stereocenters. The maximum atomic E-state index is 4.39. The summed E-state index contributed by atoms with van der Waals surface area (Å²) in [7, 11) is 0. The van der Waals surface area contributed by atoms with Crippen molar-refractivity contribution in [2.24, 2.45) is 0 Å². The van der Waals surface area contributed by atoms with Crippen molar-refractivity contribution < 1.29 is 0 Å². The zero-order chi connectivity index (χ0) is 13.5. The lowest BCUT2D eigenvalue weighted by atomic mass is 10.1. The van der Waals surface area contributed by atoms with Crippen LogP contribution in [-0.4, -0.2) is 24.1 Å². The van der Waals surface area contributed by atoms with Crippen LogP contribution in [-0.2, 0) is 6.54 Å². The Bertz CT molecular complexity index is 505. The first kappa shape index (κ1) is 14.0. The third-order valence-electron chi connectivity index (χ3n) is 3.26. The van der Waals surface area contributed by atoms with Crippen LogP contribution in [0.15, 0.2) is 36.5 Å². The summed E-state index contributed by atoms with van der Waals surface area (Å²) in [6.07, 6.45) is 3.07. The van der Waals surface area contributed by atoms with Crippen molar-refractivity contribution in [3.63, 3.8) is 0 Å². The van der Waals surface area contributed by atoms with E-state index in [1.165, 1.54) is 17.4 Å². The van der Waals surface area contributed by atoms with Crippen LogP contribution in [0.1, 0.15) is 25.8 Å². The van der Waals surface area contributed by atoms with E-state index < -0.39 is 0 Å². The fraction of sp³-hybridized carbons (Fsp3) is 0.438. The van der Waals surface area contributed by atoms with E-state index in [-0.39, 0.29) is 0 Å². The Balaban J connectivity index is 1.94. The largest absolute Gasteiger partial charge is 0.315 e. The number of hydrogen-bond acceptors (Lipinski definition) is 3. The zero-order valence-corrected chi connectivity index (χ0v) is 11.8. The predicted octanol–water partition coefficient (Wildman–Crippen LogP) is 2.71. The van der Waals surface area contributed by atoms with Crippen molar-refractivity contribution in [2.45, 2.75) is 32.9 Å². The summed E-state index contributed by atoms with van der Waals surface area (Å²) in [4.78, 5) is 4.39. The first-order valence-corrected chi connectivity index (χ1v) is 7.08. The first-order chi connectivity index (χ1) is 9.31. The summed E-state index contributed by atoms with van der Waals surface area (Å²) in [5.41, 5.74) is 2.38. The van der Waals surface area contributed by atoms with Gasteiger partial charge in [-0.1, -0.05) is 25.1 Å². The monoisotopic (exact) mass is 257 g/mol. The normalized spacial score (nSPS) is 12.7. The van der Waals surface area contributed by atoms with Crippen molar-refractivity contribution in [1.29, 1.82) is 0 Å². The third-order valence-corrected chi connectivity index (χ3v) is 3.26. The smallest absolute Gasteiger partial charge is 0.0705 e. The molecule has 0 aliphatic rings. The van der Waals surface area contributed by atoms with Crippen molar-refractivity contribution in [2.75, 3.05) is 13.1 Å². The Kier molecular flexibility index (Phi) is 5.31. The van der Waals surface area contributed by atoms with Gasteiger partial charge in [-0.05, 0) is 37.6 Å². The molecule has 19 heavy (non-hydrogen) atoms. The Morgan fingerprint density at radius 2 is 2.05 bits per heavy atom. The van der Waals surface area contributed by atoms with Gasteiger partial charge in [0.15, 0.2) is 0 Å². The number of pyridine rings is 1. The molecule has 2 N–H and O–H groups in total. The van der Waals surface area contributed by atoms with Gasteiger partial charge in [0.25, 0.3) is 0 Å². The average molecular weight is 257 g/mol. The molecule has 1 aromatic heterocycles. The molecule has 102 valence electrons. The van der Waals surface area contributed by atoms with Crippen molar-refractivity contribution >= 4 is 10.9 Å². The molecule has 0 spiro atoms. The van der Waals surface area contributed by atoms with Crippen LogP contribution in [0, 0.1) is 0 Å². The van der Waals surface area contributed by atoms with Crippen LogP contribution in [0.4, 0.5) is 0 Å². The van der Waals surface area contributed by atoms with Gasteiger partial charge < -0.3 is 10.6 Å². The number of benzene rings is 1. The Hall–Kier alpha value is -1.45. The Morgan fingerprint density at radius 1 is 1.21 bits per heavy atom. The number of para-hydroxylation sites is 1. The molecule has 0 aliphatic carbocycles. The van der Waals surface area contributed by atoms with E-state index in [0.717, 1.165) is 25.2 Å². The van der Waals surface area contributed by atoms with Gasteiger partial charge in [-0.25, -0.2) is 0 Å². The summed E-state index contributed by atoms with van der Waals surface area (Å²) in [6, 6.07) is 10.9. The summed E-state index contributed by atoms with van der Waals surface area (Å²) in [5, 5.41) is 8.23. The van der Waals surface area contributed by atoms with Crippen molar-refractivity contribution in [3.8, 4) is 0 Å². The van der Waals surface area contributed by atoms with Crippen molar-refractivity contribution in [1.82, 2.24) is 15.6 Å². The maximum Gasteiger partial charge on any atom is 0.0705 e. The average Bonchev–Trinajstić information content (AvgIpc) is 2.45.